The van der Waals surface area contributed by atoms with Crippen molar-refractivity contribution >= 4 is 11.9 Å². The Balaban J connectivity index is 3.40. The van der Waals surface area contributed by atoms with Gasteiger partial charge in [0, 0.05) is 12.8 Å². The second kappa shape index (κ2) is 68.6. The lowest BCUT2D eigenvalue weighted by molar-refractivity contribution is -0.143. The fourth-order valence-electron chi connectivity index (χ4n) is 11.2. The van der Waals surface area contributed by atoms with Gasteiger partial charge in [-0.25, -0.2) is 0 Å². The monoisotopic (exact) mass is 1110 g/mol. The lowest BCUT2D eigenvalue weighted by atomic mass is 10.0. The molecule has 2 atom stereocenters. The summed E-state index contributed by atoms with van der Waals surface area (Å²) < 4.78 is 5.49. The van der Waals surface area contributed by atoms with E-state index in [-0.39, 0.29) is 18.5 Å². The van der Waals surface area contributed by atoms with E-state index in [1.807, 2.05) is 6.08 Å². The molecule has 3 N–H and O–H groups in total. The number of nitrogens with one attached hydrogen (secondary N) is 1. The van der Waals surface area contributed by atoms with Crippen LogP contribution in [0.15, 0.2) is 36.5 Å². The minimum Gasteiger partial charge on any atom is -0.466 e. The maximum absolute atomic E-state index is 12.5. The molecule has 0 bridgehead atoms. The third kappa shape index (κ3) is 65.1. The number of carbonyl (C=O) groups excluding carboxylic acids is 2. The van der Waals surface area contributed by atoms with E-state index in [0.29, 0.717) is 19.4 Å². The van der Waals surface area contributed by atoms with Crippen LogP contribution < -0.4 is 5.32 Å². The molecule has 6 nitrogen and oxygen atoms in total. The number of carbonyl (C=O) groups is 2. The Hall–Kier alpha value is -1.92. The highest BCUT2D eigenvalue weighted by Crippen LogP contribution is 2.18. The summed E-state index contributed by atoms with van der Waals surface area (Å²) in [6, 6.07) is -0.628. The highest BCUT2D eigenvalue weighted by Gasteiger charge is 2.18. The molecule has 0 rings (SSSR count). The van der Waals surface area contributed by atoms with Gasteiger partial charge in [-0.3, -0.25) is 9.59 Å². The number of allylic oxidation sites excluding steroid dienone is 5. The van der Waals surface area contributed by atoms with Crippen molar-refractivity contribution in [3.8, 4) is 0 Å². The number of ether oxygens (including phenoxy) is 1. The molecular formula is C73H139NO5. The van der Waals surface area contributed by atoms with E-state index in [9.17, 15) is 19.8 Å². The Labute approximate surface area is 494 Å². The summed E-state index contributed by atoms with van der Waals surface area (Å²) in [4.78, 5) is 24.6. The summed E-state index contributed by atoms with van der Waals surface area (Å²) in [6.45, 7) is 4.92. The molecule has 0 fully saturated rings. The summed E-state index contributed by atoms with van der Waals surface area (Å²) in [6.07, 6.45) is 88.0. The highest BCUT2D eigenvalue weighted by molar-refractivity contribution is 5.76. The number of hydrogen-bond donors (Lipinski definition) is 3. The predicted molar refractivity (Wildman–Crippen MR) is 347 cm³/mol. The van der Waals surface area contributed by atoms with E-state index in [2.05, 4.69) is 43.5 Å². The summed E-state index contributed by atoms with van der Waals surface area (Å²) in [5.41, 5.74) is 0. The summed E-state index contributed by atoms with van der Waals surface area (Å²) in [7, 11) is 0. The van der Waals surface area contributed by atoms with Gasteiger partial charge in [-0.1, -0.05) is 333 Å². The molecule has 6 heteroatoms. The summed E-state index contributed by atoms with van der Waals surface area (Å²) in [5.74, 6) is -0.0559. The van der Waals surface area contributed by atoms with Crippen molar-refractivity contribution in [1.82, 2.24) is 5.32 Å². The number of aliphatic hydroxyl groups excluding tert-OH is 2. The minimum atomic E-state index is -0.845. The molecule has 0 aliphatic heterocycles. The van der Waals surface area contributed by atoms with Gasteiger partial charge in [-0.15, -0.1) is 0 Å². The molecule has 0 spiro atoms. The summed E-state index contributed by atoms with van der Waals surface area (Å²) >= 11 is 0. The molecule has 0 aromatic rings. The van der Waals surface area contributed by atoms with Crippen LogP contribution in [0.3, 0.4) is 0 Å². The van der Waals surface area contributed by atoms with Crippen molar-refractivity contribution in [1.29, 1.82) is 0 Å². The molecule has 2 unspecified atom stereocenters. The van der Waals surface area contributed by atoms with Crippen LogP contribution in [-0.2, 0) is 14.3 Å². The lowest BCUT2D eigenvalue weighted by Gasteiger charge is -2.20. The standard InChI is InChI=1S/C73H139NO5/c1-3-5-7-9-11-13-15-17-19-20-32-35-38-41-45-49-53-57-61-65-71(76)70(69-75)74-72(77)66-62-58-54-50-46-42-39-36-33-30-28-26-24-22-21-23-25-27-29-31-34-37-40-44-48-52-56-60-64-68-79-73(78)67-63-59-55-51-47-43-18-16-14-12-10-8-6-4-2/h16,18,21,23,61,65,70-71,75-76H,3-15,17,19-20,22,24-60,62-64,66-69H2,1-2H3,(H,74,77)/b18-16-,23-21-,65-61+. The number of esters is 1. The van der Waals surface area contributed by atoms with Gasteiger partial charge < -0.3 is 20.3 Å². The highest BCUT2D eigenvalue weighted by atomic mass is 16.5. The Kier molecular flexibility index (Phi) is 66.9. The van der Waals surface area contributed by atoms with E-state index < -0.39 is 12.1 Å². The van der Waals surface area contributed by atoms with Gasteiger partial charge in [-0.2, -0.15) is 0 Å². The quantitative estimate of drug-likeness (QED) is 0.0320. The fraction of sp³-hybridized carbons (Fsp3) is 0.890. The van der Waals surface area contributed by atoms with Gasteiger partial charge in [0.1, 0.15) is 0 Å². The normalized spacial score (nSPS) is 12.7. The van der Waals surface area contributed by atoms with E-state index in [1.54, 1.807) is 6.08 Å². The molecule has 0 aliphatic rings. The van der Waals surface area contributed by atoms with Crippen molar-refractivity contribution in [2.45, 2.75) is 405 Å². The van der Waals surface area contributed by atoms with Gasteiger partial charge in [-0.05, 0) is 83.5 Å². The van der Waals surface area contributed by atoms with Gasteiger partial charge in [0.2, 0.25) is 5.91 Å². The van der Waals surface area contributed by atoms with Gasteiger partial charge in [0.05, 0.1) is 25.4 Å². The fourth-order valence-corrected chi connectivity index (χ4v) is 11.2. The van der Waals surface area contributed by atoms with E-state index in [4.69, 9.17) is 4.74 Å². The molecule has 0 aromatic carbocycles. The maximum Gasteiger partial charge on any atom is 0.305 e. The lowest BCUT2D eigenvalue weighted by Crippen LogP contribution is -2.45. The second-order valence-electron chi connectivity index (χ2n) is 24.6. The third-order valence-corrected chi connectivity index (χ3v) is 16.6. The molecule has 0 aliphatic carbocycles. The molecule has 1 amide bonds. The Morgan fingerprint density at radius 2 is 0.595 bits per heavy atom. The average Bonchev–Trinajstić information content (AvgIpc) is 3.45. The zero-order chi connectivity index (χ0) is 57.1. The Bertz CT molecular complexity index is 1280. The van der Waals surface area contributed by atoms with Gasteiger partial charge in [0.25, 0.3) is 0 Å². The topological polar surface area (TPSA) is 95.9 Å². The first-order valence-electron chi connectivity index (χ1n) is 35.8. The van der Waals surface area contributed by atoms with Crippen LogP contribution in [0.1, 0.15) is 393 Å². The van der Waals surface area contributed by atoms with Crippen LogP contribution in [0.5, 0.6) is 0 Å². The van der Waals surface area contributed by atoms with Crippen LogP contribution in [0, 0.1) is 0 Å². The van der Waals surface area contributed by atoms with Crippen molar-refractivity contribution in [3.05, 3.63) is 36.5 Å². The number of aliphatic hydroxyl groups is 2. The first-order chi connectivity index (χ1) is 39.0. The molecule has 0 heterocycles. The third-order valence-electron chi connectivity index (χ3n) is 16.6. The zero-order valence-electron chi connectivity index (χ0n) is 53.4. The molecule has 466 valence electrons. The van der Waals surface area contributed by atoms with Crippen molar-refractivity contribution in [3.63, 3.8) is 0 Å². The van der Waals surface area contributed by atoms with E-state index in [0.717, 1.165) is 44.9 Å². The number of rotatable bonds is 67. The number of amides is 1. The van der Waals surface area contributed by atoms with Gasteiger partial charge >= 0.3 is 5.97 Å². The van der Waals surface area contributed by atoms with Crippen molar-refractivity contribution in [2.24, 2.45) is 0 Å². The maximum atomic E-state index is 12.5. The van der Waals surface area contributed by atoms with E-state index >= 15 is 0 Å². The zero-order valence-corrected chi connectivity index (χ0v) is 53.4. The molecule has 0 radical (unpaired) electrons. The predicted octanol–water partition coefficient (Wildman–Crippen LogP) is 23.1. The van der Waals surface area contributed by atoms with Gasteiger partial charge in [0.15, 0.2) is 0 Å². The van der Waals surface area contributed by atoms with Crippen LogP contribution in [0.4, 0.5) is 0 Å². The number of unbranched alkanes of at least 4 members (excludes halogenated alkanes) is 52. The molecule has 0 aromatic heterocycles. The largest absolute Gasteiger partial charge is 0.466 e. The van der Waals surface area contributed by atoms with Crippen molar-refractivity contribution in [2.75, 3.05) is 13.2 Å². The molecule has 0 saturated carbocycles. The summed E-state index contributed by atoms with van der Waals surface area (Å²) in [5, 5.41) is 23.2. The van der Waals surface area contributed by atoms with Crippen molar-refractivity contribution < 1.29 is 24.5 Å². The smallest absolute Gasteiger partial charge is 0.305 e. The van der Waals surface area contributed by atoms with Crippen LogP contribution in [0.25, 0.3) is 0 Å². The van der Waals surface area contributed by atoms with E-state index in [1.165, 1.54) is 321 Å². The second-order valence-corrected chi connectivity index (χ2v) is 24.6. The van der Waals surface area contributed by atoms with Crippen LogP contribution in [-0.4, -0.2) is 47.4 Å². The molecular weight excluding hydrogens is 971 g/mol. The van der Waals surface area contributed by atoms with Crippen LogP contribution in [0.2, 0.25) is 0 Å². The molecule has 79 heavy (non-hydrogen) atoms. The Morgan fingerprint density at radius 3 is 0.899 bits per heavy atom. The first kappa shape index (κ1) is 77.1. The molecule has 0 saturated heterocycles. The average molecular weight is 1110 g/mol. The minimum absolute atomic E-state index is 0.00800. The number of hydrogen-bond acceptors (Lipinski definition) is 5. The van der Waals surface area contributed by atoms with Crippen LogP contribution >= 0.6 is 0 Å². The first-order valence-corrected chi connectivity index (χ1v) is 35.8. The Morgan fingerprint density at radius 1 is 0.342 bits per heavy atom. The SMILES string of the molecule is CCCCCCC/C=C\CCCCCCCC(=O)OCCCCCCCCCCCCCC/C=C\CCCCCCCCCCCCCCCC(=O)NC(CO)C(O)/C=C/CCCCCCCCCCCCCCCCCCC.